The SMILES string of the molecule is CC(C)N1CCCCC1n1c(=O)[nH]c2ccc(O)cc21. The molecule has 1 aliphatic heterocycles. The molecule has 2 heterocycles. The van der Waals surface area contributed by atoms with Crippen molar-refractivity contribution < 1.29 is 5.11 Å². The van der Waals surface area contributed by atoms with Crippen molar-refractivity contribution >= 4 is 11.0 Å². The minimum absolute atomic E-state index is 0.0757. The van der Waals surface area contributed by atoms with Crippen LogP contribution in [-0.4, -0.2) is 32.1 Å². The first kappa shape index (κ1) is 13.2. The number of aromatic hydroxyl groups is 1. The molecule has 0 amide bonds. The van der Waals surface area contributed by atoms with Crippen molar-refractivity contribution in [3.05, 3.63) is 28.7 Å². The van der Waals surface area contributed by atoms with Gasteiger partial charge in [-0.2, -0.15) is 0 Å². The maximum Gasteiger partial charge on any atom is 0.327 e. The van der Waals surface area contributed by atoms with Gasteiger partial charge in [-0.15, -0.1) is 0 Å². The van der Waals surface area contributed by atoms with Crippen LogP contribution in [-0.2, 0) is 0 Å². The number of aromatic nitrogens is 2. The number of nitrogens with zero attached hydrogens (tertiary/aromatic N) is 2. The van der Waals surface area contributed by atoms with E-state index in [4.69, 9.17) is 0 Å². The number of aromatic amines is 1. The zero-order valence-corrected chi connectivity index (χ0v) is 12.0. The summed E-state index contributed by atoms with van der Waals surface area (Å²) in [6, 6.07) is 5.42. The molecular weight excluding hydrogens is 254 g/mol. The third kappa shape index (κ3) is 2.12. The van der Waals surface area contributed by atoms with Gasteiger partial charge in [-0.05, 0) is 45.2 Å². The third-order valence-corrected chi connectivity index (χ3v) is 4.17. The van der Waals surface area contributed by atoms with Gasteiger partial charge in [0.25, 0.3) is 0 Å². The number of phenols is 1. The number of hydrogen-bond donors (Lipinski definition) is 2. The summed E-state index contributed by atoms with van der Waals surface area (Å²) in [5.41, 5.74) is 1.47. The van der Waals surface area contributed by atoms with Gasteiger partial charge in [0, 0.05) is 18.7 Å². The van der Waals surface area contributed by atoms with Crippen LogP contribution in [0.2, 0.25) is 0 Å². The number of piperidine rings is 1. The van der Waals surface area contributed by atoms with E-state index in [9.17, 15) is 9.90 Å². The topological polar surface area (TPSA) is 61.3 Å². The van der Waals surface area contributed by atoms with Crippen LogP contribution < -0.4 is 5.69 Å². The Kier molecular flexibility index (Phi) is 3.30. The van der Waals surface area contributed by atoms with Crippen LogP contribution in [0.25, 0.3) is 11.0 Å². The lowest BCUT2D eigenvalue weighted by atomic mass is 10.1. The highest BCUT2D eigenvalue weighted by Crippen LogP contribution is 2.30. The average molecular weight is 275 g/mol. The van der Waals surface area contributed by atoms with Crippen molar-refractivity contribution in [3.8, 4) is 5.75 Å². The van der Waals surface area contributed by atoms with Crippen LogP contribution in [0.3, 0.4) is 0 Å². The number of hydrogen-bond acceptors (Lipinski definition) is 3. The summed E-state index contributed by atoms with van der Waals surface area (Å²) in [5, 5.41) is 9.69. The molecular formula is C15H21N3O2. The van der Waals surface area contributed by atoms with E-state index in [1.807, 2.05) is 0 Å². The summed E-state index contributed by atoms with van der Waals surface area (Å²) in [6.07, 6.45) is 3.36. The quantitative estimate of drug-likeness (QED) is 0.885. The van der Waals surface area contributed by atoms with Crippen molar-refractivity contribution in [3.63, 3.8) is 0 Å². The monoisotopic (exact) mass is 275 g/mol. The van der Waals surface area contributed by atoms with Crippen molar-refractivity contribution in [1.82, 2.24) is 14.5 Å². The van der Waals surface area contributed by atoms with Gasteiger partial charge >= 0.3 is 5.69 Å². The molecule has 0 aliphatic carbocycles. The van der Waals surface area contributed by atoms with E-state index in [1.165, 1.54) is 6.42 Å². The fourth-order valence-corrected chi connectivity index (χ4v) is 3.22. The lowest BCUT2D eigenvalue weighted by Crippen LogP contribution is -2.43. The summed E-state index contributed by atoms with van der Waals surface area (Å²) in [4.78, 5) is 17.6. The third-order valence-electron chi connectivity index (χ3n) is 4.17. The Morgan fingerprint density at radius 1 is 1.35 bits per heavy atom. The van der Waals surface area contributed by atoms with Gasteiger partial charge in [-0.25, -0.2) is 4.79 Å². The van der Waals surface area contributed by atoms with Crippen LogP contribution >= 0.6 is 0 Å². The van der Waals surface area contributed by atoms with E-state index in [0.717, 1.165) is 30.4 Å². The van der Waals surface area contributed by atoms with Crippen LogP contribution in [0.15, 0.2) is 23.0 Å². The van der Waals surface area contributed by atoms with Gasteiger partial charge in [0.05, 0.1) is 17.2 Å². The van der Waals surface area contributed by atoms with E-state index >= 15 is 0 Å². The van der Waals surface area contributed by atoms with Crippen molar-refractivity contribution in [2.75, 3.05) is 6.54 Å². The van der Waals surface area contributed by atoms with Crippen LogP contribution in [0.5, 0.6) is 5.75 Å². The van der Waals surface area contributed by atoms with Crippen LogP contribution in [0.4, 0.5) is 0 Å². The number of phenolic OH excluding ortho intramolecular Hbond substituents is 1. The Morgan fingerprint density at radius 3 is 2.90 bits per heavy atom. The normalized spacial score (nSPS) is 20.9. The maximum atomic E-state index is 12.3. The maximum absolute atomic E-state index is 12.3. The summed E-state index contributed by atoms with van der Waals surface area (Å²) in [5.74, 6) is 0.192. The molecule has 1 saturated heterocycles. The van der Waals surface area contributed by atoms with E-state index in [1.54, 1.807) is 22.8 Å². The predicted molar refractivity (Wildman–Crippen MR) is 79.0 cm³/mol. The minimum atomic E-state index is -0.0943. The zero-order valence-electron chi connectivity index (χ0n) is 12.0. The van der Waals surface area contributed by atoms with Crippen LogP contribution in [0, 0.1) is 0 Å². The number of nitrogens with one attached hydrogen (secondary N) is 1. The summed E-state index contributed by atoms with van der Waals surface area (Å²) in [7, 11) is 0. The first-order valence-electron chi connectivity index (χ1n) is 7.27. The van der Waals surface area contributed by atoms with Gasteiger partial charge in [0.1, 0.15) is 5.75 Å². The number of likely N-dealkylation sites (tertiary alicyclic amines) is 1. The van der Waals surface area contributed by atoms with E-state index in [0.29, 0.717) is 6.04 Å². The van der Waals surface area contributed by atoms with Gasteiger partial charge in [0.15, 0.2) is 0 Å². The largest absolute Gasteiger partial charge is 0.508 e. The standard InChI is InChI=1S/C15H21N3O2/c1-10(2)17-8-4-3-5-14(17)18-13-9-11(19)6-7-12(13)16-15(18)20/h6-7,9-10,14,19H,3-5,8H2,1-2H3,(H,16,20). The minimum Gasteiger partial charge on any atom is -0.508 e. The molecule has 1 aromatic carbocycles. The van der Waals surface area contributed by atoms with Gasteiger partial charge in [-0.1, -0.05) is 0 Å². The summed E-state index contributed by atoms with van der Waals surface area (Å²) in [6.45, 7) is 5.34. The molecule has 0 radical (unpaired) electrons. The number of imidazole rings is 1. The van der Waals surface area contributed by atoms with Gasteiger partial charge in [-0.3, -0.25) is 9.47 Å². The number of benzene rings is 1. The first-order valence-corrected chi connectivity index (χ1v) is 7.27. The summed E-state index contributed by atoms with van der Waals surface area (Å²) < 4.78 is 1.80. The van der Waals surface area contributed by atoms with Gasteiger partial charge in [0.2, 0.25) is 0 Å². The molecule has 1 aliphatic rings. The molecule has 5 nitrogen and oxygen atoms in total. The second-order valence-corrected chi connectivity index (χ2v) is 5.81. The van der Waals surface area contributed by atoms with E-state index < -0.39 is 0 Å². The lowest BCUT2D eigenvalue weighted by Gasteiger charge is -2.39. The second-order valence-electron chi connectivity index (χ2n) is 5.81. The summed E-state index contributed by atoms with van der Waals surface area (Å²) >= 11 is 0. The molecule has 0 bridgehead atoms. The highest BCUT2D eigenvalue weighted by Gasteiger charge is 2.28. The number of fused-ring (bicyclic) bond motifs is 1. The smallest absolute Gasteiger partial charge is 0.327 e. The molecule has 2 aromatic rings. The molecule has 20 heavy (non-hydrogen) atoms. The molecule has 1 fully saturated rings. The molecule has 5 heteroatoms. The molecule has 108 valence electrons. The van der Waals surface area contributed by atoms with E-state index in [2.05, 4.69) is 23.7 Å². The van der Waals surface area contributed by atoms with Crippen molar-refractivity contribution in [1.29, 1.82) is 0 Å². The number of rotatable bonds is 2. The predicted octanol–water partition coefficient (Wildman–Crippen LogP) is 2.43. The van der Waals surface area contributed by atoms with Gasteiger partial charge < -0.3 is 10.1 Å². The van der Waals surface area contributed by atoms with E-state index in [-0.39, 0.29) is 17.6 Å². The highest BCUT2D eigenvalue weighted by atomic mass is 16.3. The molecule has 0 spiro atoms. The Hall–Kier alpha value is -1.75. The van der Waals surface area contributed by atoms with Crippen molar-refractivity contribution in [2.45, 2.75) is 45.3 Å². The first-order chi connectivity index (χ1) is 9.58. The fraction of sp³-hybridized carbons (Fsp3) is 0.533. The fourth-order valence-electron chi connectivity index (χ4n) is 3.22. The average Bonchev–Trinajstić information content (AvgIpc) is 2.74. The molecule has 0 saturated carbocycles. The molecule has 1 unspecified atom stereocenters. The Labute approximate surface area is 117 Å². The van der Waals surface area contributed by atoms with Crippen molar-refractivity contribution in [2.24, 2.45) is 0 Å². The van der Waals surface area contributed by atoms with Crippen LogP contribution in [0.1, 0.15) is 39.3 Å². The molecule has 1 atom stereocenters. The molecule has 3 rings (SSSR count). The highest BCUT2D eigenvalue weighted by molar-refractivity contribution is 5.77. The molecule has 2 N–H and O–H groups in total. The zero-order chi connectivity index (χ0) is 14.3. The second kappa shape index (κ2) is 4.98. The Bertz CT molecular complexity index is 671. The number of H-pyrrole nitrogens is 1. The lowest BCUT2D eigenvalue weighted by molar-refractivity contribution is 0.0649. The molecule has 1 aromatic heterocycles. The Balaban J connectivity index is 2.14. The Morgan fingerprint density at radius 2 is 2.15 bits per heavy atom.